The van der Waals surface area contributed by atoms with Gasteiger partial charge in [0.25, 0.3) is 11.8 Å². The number of benzene rings is 1. The van der Waals surface area contributed by atoms with E-state index in [-0.39, 0.29) is 17.4 Å². The number of pyridine rings is 1. The molecule has 1 aromatic heterocycles. The molecule has 31 heavy (non-hydrogen) atoms. The van der Waals surface area contributed by atoms with E-state index in [0.717, 1.165) is 24.3 Å². The summed E-state index contributed by atoms with van der Waals surface area (Å²) in [6.07, 6.45) is 3.62. The largest absolute Gasteiger partial charge is 0.380 e. The molecule has 2 aromatic rings. The topological polar surface area (TPSA) is 77.0 Å². The van der Waals surface area contributed by atoms with Gasteiger partial charge in [-0.05, 0) is 49.1 Å². The third-order valence-electron chi connectivity index (χ3n) is 6.50. The second-order valence-corrected chi connectivity index (χ2v) is 8.56. The number of piperazine rings is 1. The summed E-state index contributed by atoms with van der Waals surface area (Å²) < 4.78 is 14.9. The molecular weight excluding hydrogens is 399 g/mol. The van der Waals surface area contributed by atoms with Crippen molar-refractivity contribution in [2.45, 2.75) is 31.4 Å². The second-order valence-electron chi connectivity index (χ2n) is 8.56. The van der Waals surface area contributed by atoms with Crippen molar-refractivity contribution in [2.75, 3.05) is 37.6 Å². The summed E-state index contributed by atoms with van der Waals surface area (Å²) in [5.74, 6) is -1.17. The van der Waals surface area contributed by atoms with Gasteiger partial charge in [-0.2, -0.15) is 0 Å². The lowest BCUT2D eigenvalue weighted by Crippen LogP contribution is -2.53. The summed E-state index contributed by atoms with van der Waals surface area (Å²) in [4.78, 5) is 34.8. The zero-order valence-corrected chi connectivity index (χ0v) is 17.3. The van der Waals surface area contributed by atoms with Crippen LogP contribution in [0.3, 0.4) is 0 Å². The van der Waals surface area contributed by atoms with Crippen LogP contribution in [0.1, 0.15) is 34.5 Å². The maximum absolute atomic E-state index is 14.9. The van der Waals surface area contributed by atoms with Crippen LogP contribution in [0.4, 0.5) is 10.1 Å². The summed E-state index contributed by atoms with van der Waals surface area (Å²) in [7, 11) is 0. The van der Waals surface area contributed by atoms with Gasteiger partial charge < -0.3 is 19.8 Å². The first-order valence-corrected chi connectivity index (χ1v) is 10.7. The molecule has 0 atom stereocenters. The maximum Gasteiger partial charge on any atom is 0.256 e. The number of aromatic nitrogens is 1. The Morgan fingerprint density at radius 3 is 2.48 bits per heavy atom. The normalized spacial score (nSPS) is 19.7. The highest BCUT2D eigenvalue weighted by Gasteiger charge is 2.50. The van der Waals surface area contributed by atoms with Crippen molar-refractivity contribution in [2.24, 2.45) is 0 Å². The van der Waals surface area contributed by atoms with Crippen LogP contribution in [0.25, 0.3) is 0 Å². The van der Waals surface area contributed by atoms with E-state index in [2.05, 4.69) is 16.0 Å². The van der Waals surface area contributed by atoms with Crippen molar-refractivity contribution in [3.05, 3.63) is 59.2 Å². The first-order chi connectivity index (χ1) is 14.9. The molecule has 3 heterocycles. The molecule has 0 radical (unpaired) electrons. The van der Waals surface area contributed by atoms with Crippen LogP contribution >= 0.6 is 0 Å². The van der Waals surface area contributed by atoms with Gasteiger partial charge in [0.05, 0.1) is 17.8 Å². The van der Waals surface area contributed by atoms with E-state index >= 15 is 0 Å². The van der Waals surface area contributed by atoms with Gasteiger partial charge in [0.1, 0.15) is 11.4 Å². The standard InChI is InChI=1S/C23H25FN4O3/c24-19-14-17(28-9-5-16-2-1-8-25-20(16)15-28)3-4-18(19)21(29)26-10-12-27(13-11-26)22(30)23(31)6-7-23/h1-4,8,14,31H,5-7,9-13,15H2. The summed E-state index contributed by atoms with van der Waals surface area (Å²) in [6, 6.07) is 8.75. The van der Waals surface area contributed by atoms with Gasteiger partial charge in [-0.25, -0.2) is 4.39 Å². The molecule has 7 nitrogen and oxygen atoms in total. The number of anilines is 1. The summed E-state index contributed by atoms with van der Waals surface area (Å²) in [6.45, 7) is 2.76. The third-order valence-corrected chi connectivity index (χ3v) is 6.50. The number of hydrogen-bond acceptors (Lipinski definition) is 5. The molecule has 0 spiro atoms. The highest BCUT2D eigenvalue weighted by molar-refractivity contribution is 5.95. The molecule has 162 valence electrons. The van der Waals surface area contributed by atoms with E-state index in [4.69, 9.17) is 0 Å². The Balaban J connectivity index is 1.24. The molecular formula is C23H25FN4O3. The summed E-state index contributed by atoms with van der Waals surface area (Å²) in [5.41, 5.74) is 1.80. The van der Waals surface area contributed by atoms with Crippen LogP contribution in [-0.2, 0) is 17.8 Å². The van der Waals surface area contributed by atoms with Gasteiger partial charge in [0.2, 0.25) is 0 Å². The number of carbonyl (C=O) groups is 2. The summed E-state index contributed by atoms with van der Waals surface area (Å²) in [5, 5.41) is 10.00. The van der Waals surface area contributed by atoms with Crippen LogP contribution in [-0.4, -0.2) is 70.0 Å². The Bertz CT molecular complexity index is 1030. The molecule has 2 amide bonds. The van der Waals surface area contributed by atoms with E-state index in [1.165, 1.54) is 11.6 Å². The minimum Gasteiger partial charge on any atom is -0.380 e. The maximum atomic E-state index is 14.9. The van der Waals surface area contributed by atoms with Crippen molar-refractivity contribution in [1.29, 1.82) is 0 Å². The van der Waals surface area contributed by atoms with E-state index in [9.17, 15) is 19.1 Å². The smallest absolute Gasteiger partial charge is 0.256 e. The number of fused-ring (bicyclic) bond motifs is 1. The molecule has 0 bridgehead atoms. The van der Waals surface area contributed by atoms with E-state index in [1.54, 1.807) is 28.1 Å². The fourth-order valence-electron chi connectivity index (χ4n) is 4.36. The van der Waals surface area contributed by atoms with Crippen molar-refractivity contribution in [3.8, 4) is 0 Å². The van der Waals surface area contributed by atoms with E-state index in [1.807, 2.05) is 6.07 Å². The van der Waals surface area contributed by atoms with Crippen LogP contribution in [0, 0.1) is 5.82 Å². The fraction of sp³-hybridized carbons (Fsp3) is 0.435. The molecule has 8 heteroatoms. The monoisotopic (exact) mass is 424 g/mol. The van der Waals surface area contributed by atoms with E-state index in [0.29, 0.717) is 45.6 Å². The molecule has 5 rings (SSSR count). The quantitative estimate of drug-likeness (QED) is 0.810. The van der Waals surface area contributed by atoms with Crippen LogP contribution < -0.4 is 4.90 Å². The Kier molecular flexibility index (Phi) is 4.89. The molecule has 1 saturated carbocycles. The van der Waals surface area contributed by atoms with Gasteiger partial charge in [-0.3, -0.25) is 14.6 Å². The lowest BCUT2D eigenvalue weighted by molar-refractivity contribution is -0.143. The average Bonchev–Trinajstić information content (AvgIpc) is 3.56. The first-order valence-electron chi connectivity index (χ1n) is 10.7. The fourth-order valence-corrected chi connectivity index (χ4v) is 4.36. The molecule has 2 fully saturated rings. The zero-order chi connectivity index (χ0) is 21.6. The highest BCUT2D eigenvalue weighted by Crippen LogP contribution is 2.37. The predicted molar refractivity (Wildman–Crippen MR) is 112 cm³/mol. The van der Waals surface area contributed by atoms with Gasteiger partial charge in [0, 0.05) is 44.6 Å². The number of hydrogen-bond donors (Lipinski definition) is 1. The number of halogens is 1. The van der Waals surface area contributed by atoms with Gasteiger partial charge in [0.15, 0.2) is 0 Å². The Labute approximate surface area is 180 Å². The molecule has 1 aromatic carbocycles. The highest BCUT2D eigenvalue weighted by atomic mass is 19.1. The van der Waals surface area contributed by atoms with Crippen molar-refractivity contribution < 1.29 is 19.1 Å². The molecule has 0 unspecified atom stereocenters. The van der Waals surface area contributed by atoms with Crippen molar-refractivity contribution >= 4 is 17.5 Å². The number of amides is 2. The Hall–Kier alpha value is -3.00. The minimum atomic E-state index is -1.20. The number of carbonyl (C=O) groups excluding carboxylic acids is 2. The molecule has 2 aliphatic heterocycles. The lowest BCUT2D eigenvalue weighted by Gasteiger charge is -2.36. The van der Waals surface area contributed by atoms with Crippen molar-refractivity contribution in [3.63, 3.8) is 0 Å². The van der Waals surface area contributed by atoms with Gasteiger partial charge >= 0.3 is 0 Å². The Morgan fingerprint density at radius 2 is 1.77 bits per heavy atom. The third kappa shape index (κ3) is 3.76. The molecule has 1 N–H and O–H groups in total. The summed E-state index contributed by atoms with van der Waals surface area (Å²) >= 11 is 0. The molecule has 1 aliphatic carbocycles. The van der Waals surface area contributed by atoms with Crippen LogP contribution in [0.2, 0.25) is 0 Å². The lowest BCUT2D eigenvalue weighted by atomic mass is 10.0. The molecule has 1 saturated heterocycles. The predicted octanol–water partition coefficient (Wildman–Crippen LogP) is 1.59. The zero-order valence-electron chi connectivity index (χ0n) is 17.3. The van der Waals surface area contributed by atoms with Gasteiger partial charge in [-0.15, -0.1) is 0 Å². The Morgan fingerprint density at radius 1 is 1.03 bits per heavy atom. The van der Waals surface area contributed by atoms with Gasteiger partial charge in [-0.1, -0.05) is 6.07 Å². The van der Waals surface area contributed by atoms with E-state index < -0.39 is 11.4 Å². The minimum absolute atomic E-state index is 0.0416. The SMILES string of the molecule is O=C(c1ccc(N2CCc3cccnc3C2)cc1F)N1CCN(C(=O)C2(O)CC2)CC1. The average molecular weight is 424 g/mol. The second kappa shape index (κ2) is 7.60. The number of aliphatic hydroxyl groups is 1. The van der Waals surface area contributed by atoms with Crippen LogP contribution in [0.15, 0.2) is 36.5 Å². The number of nitrogens with zero attached hydrogens (tertiary/aromatic N) is 4. The first kappa shape index (κ1) is 19.9. The molecule has 3 aliphatic rings. The van der Waals surface area contributed by atoms with Crippen molar-refractivity contribution in [1.82, 2.24) is 14.8 Å². The number of rotatable bonds is 3. The van der Waals surface area contributed by atoms with Crippen LogP contribution in [0.5, 0.6) is 0 Å².